The van der Waals surface area contributed by atoms with Crippen LogP contribution in [-0.2, 0) is 20.3 Å². The Morgan fingerprint density at radius 1 is 0.923 bits per heavy atom. The predicted octanol–water partition coefficient (Wildman–Crippen LogP) is 7.03. The van der Waals surface area contributed by atoms with Crippen molar-refractivity contribution >= 4 is 27.5 Å². The van der Waals surface area contributed by atoms with Crippen molar-refractivity contribution in [3.05, 3.63) is 71.8 Å². The maximum Gasteiger partial charge on any atom is 0.339 e. The fraction of sp³-hybridized carbons (Fsp3) is 0.344. The van der Waals surface area contributed by atoms with Gasteiger partial charge in [0.2, 0.25) is 0 Å². The van der Waals surface area contributed by atoms with Crippen LogP contribution in [0, 0.1) is 10.8 Å². The normalized spacial score (nSPS) is 23.9. The molecule has 2 fully saturated rings. The zero-order chi connectivity index (χ0) is 28.0. The molecule has 4 aromatic rings. The first kappa shape index (κ1) is 25.6. The van der Waals surface area contributed by atoms with E-state index in [0.717, 1.165) is 21.7 Å². The summed E-state index contributed by atoms with van der Waals surface area (Å²) in [5.41, 5.74) is 0.286. The van der Waals surface area contributed by atoms with Crippen molar-refractivity contribution in [3.8, 4) is 22.6 Å². The number of phenolic OH excluding ortho intramolecular Hbond substituents is 1. The summed E-state index contributed by atoms with van der Waals surface area (Å²) in [6, 6.07) is 18.3. The topological polar surface area (TPSA) is 94.5 Å². The summed E-state index contributed by atoms with van der Waals surface area (Å²) in [6.07, 6.45) is 0. The van der Waals surface area contributed by atoms with Crippen LogP contribution >= 0.6 is 0 Å². The molecule has 6 rings (SSSR count). The van der Waals surface area contributed by atoms with E-state index in [1.54, 1.807) is 12.1 Å². The summed E-state index contributed by atoms with van der Waals surface area (Å²) in [5, 5.41) is 24.4. The van der Waals surface area contributed by atoms with E-state index in [-0.39, 0.29) is 27.9 Å². The van der Waals surface area contributed by atoms with Crippen molar-refractivity contribution in [2.24, 2.45) is 10.8 Å². The van der Waals surface area contributed by atoms with Crippen LogP contribution in [-0.4, -0.2) is 35.5 Å². The highest BCUT2D eigenvalue weighted by Gasteiger charge is 2.81. The molecule has 0 radical (unpaired) electrons. The standard InChI is InChI=1S/C32H32O7/c1-29(2,3)32-30(4,5)17-37-31(32,38-39-32)23-13-9-12-21-20(23)14-15-24(33)25(21)26-19-11-8-7-10-18(19)16-22(28(34)35)27(26)36-6/h7-16,33H,17H2,1-6H3,(H,34,35). The van der Waals surface area contributed by atoms with Gasteiger partial charge in [-0.1, -0.05) is 83.1 Å². The Kier molecular flexibility index (Phi) is 5.37. The van der Waals surface area contributed by atoms with Crippen molar-refractivity contribution < 1.29 is 34.3 Å². The number of rotatable bonds is 4. The van der Waals surface area contributed by atoms with E-state index < -0.39 is 17.4 Å². The fourth-order valence-electron chi connectivity index (χ4n) is 7.06. The fourth-order valence-corrected chi connectivity index (χ4v) is 7.06. The first-order chi connectivity index (χ1) is 18.4. The molecule has 2 heterocycles. The molecular formula is C32H32O7. The van der Waals surface area contributed by atoms with Crippen LogP contribution in [0.15, 0.2) is 60.7 Å². The van der Waals surface area contributed by atoms with Crippen molar-refractivity contribution in [2.75, 3.05) is 13.7 Å². The van der Waals surface area contributed by atoms with E-state index in [9.17, 15) is 15.0 Å². The highest BCUT2D eigenvalue weighted by molar-refractivity contribution is 6.13. The molecule has 2 aliphatic rings. The maximum atomic E-state index is 12.3. The summed E-state index contributed by atoms with van der Waals surface area (Å²) in [6.45, 7) is 11.1. The third kappa shape index (κ3) is 3.12. The molecule has 2 N–H and O–H groups in total. The molecule has 202 valence electrons. The van der Waals surface area contributed by atoms with Crippen LogP contribution in [0.5, 0.6) is 11.5 Å². The number of ether oxygens (including phenoxy) is 2. The van der Waals surface area contributed by atoms with E-state index in [1.165, 1.54) is 7.11 Å². The minimum atomic E-state index is -1.17. The van der Waals surface area contributed by atoms with Crippen LogP contribution < -0.4 is 4.74 Å². The lowest BCUT2D eigenvalue weighted by Crippen LogP contribution is -2.73. The van der Waals surface area contributed by atoms with Crippen molar-refractivity contribution in [1.82, 2.24) is 0 Å². The number of methoxy groups -OCH3 is 1. The molecule has 0 saturated carbocycles. The van der Waals surface area contributed by atoms with Gasteiger partial charge in [-0.05, 0) is 33.7 Å². The van der Waals surface area contributed by atoms with E-state index in [2.05, 4.69) is 34.6 Å². The molecule has 39 heavy (non-hydrogen) atoms. The van der Waals surface area contributed by atoms with E-state index in [4.69, 9.17) is 19.2 Å². The minimum Gasteiger partial charge on any atom is -0.507 e. The number of benzene rings is 4. The molecule has 2 atom stereocenters. The number of carboxylic acids is 1. The Bertz CT molecular complexity index is 1670. The molecule has 0 amide bonds. The number of carboxylic acid groups (broad SMARTS) is 1. The SMILES string of the molecule is COc1c(C(=O)O)cc2ccccc2c1-c1c(O)ccc2c(C34OCC(C)(C)C3(C(C)(C)C)OO4)cccc12. The van der Waals surface area contributed by atoms with Gasteiger partial charge in [0.15, 0.2) is 5.60 Å². The average Bonchev–Trinajstić information content (AvgIpc) is 3.03. The van der Waals surface area contributed by atoms with Gasteiger partial charge in [0.1, 0.15) is 17.1 Å². The summed E-state index contributed by atoms with van der Waals surface area (Å²) >= 11 is 0. The number of aromatic carboxylic acids is 1. The molecule has 0 aliphatic carbocycles. The molecule has 2 saturated heterocycles. The lowest BCUT2D eigenvalue weighted by Gasteiger charge is -2.61. The van der Waals surface area contributed by atoms with E-state index in [0.29, 0.717) is 23.1 Å². The molecule has 0 spiro atoms. The van der Waals surface area contributed by atoms with Crippen molar-refractivity contribution in [3.63, 3.8) is 0 Å². The van der Waals surface area contributed by atoms with Gasteiger partial charge < -0.3 is 19.7 Å². The molecule has 2 aliphatic heterocycles. The minimum absolute atomic E-state index is 0.00340. The van der Waals surface area contributed by atoms with Gasteiger partial charge in [0, 0.05) is 27.5 Å². The van der Waals surface area contributed by atoms with Crippen molar-refractivity contribution in [1.29, 1.82) is 0 Å². The van der Waals surface area contributed by atoms with Gasteiger partial charge in [0.05, 0.1) is 13.7 Å². The molecule has 4 aromatic carbocycles. The first-order valence-electron chi connectivity index (χ1n) is 13.0. The molecule has 2 unspecified atom stereocenters. The molecule has 7 nitrogen and oxygen atoms in total. The number of phenols is 1. The van der Waals surface area contributed by atoms with Crippen LogP contribution in [0.2, 0.25) is 0 Å². The van der Waals surface area contributed by atoms with E-state index in [1.807, 2.05) is 48.5 Å². The van der Waals surface area contributed by atoms with Crippen LogP contribution in [0.25, 0.3) is 32.7 Å². The second kappa shape index (κ2) is 8.18. The number of aromatic hydroxyl groups is 1. The average molecular weight is 529 g/mol. The second-order valence-electron chi connectivity index (χ2n) is 12.1. The second-order valence-corrected chi connectivity index (χ2v) is 12.1. The van der Waals surface area contributed by atoms with Gasteiger partial charge in [-0.25, -0.2) is 9.68 Å². The number of fused-ring (bicyclic) bond motifs is 3. The lowest BCUT2D eigenvalue weighted by molar-refractivity contribution is -0.626. The third-order valence-electron chi connectivity index (χ3n) is 8.47. The van der Waals surface area contributed by atoms with Gasteiger partial charge >= 0.3 is 5.97 Å². The van der Waals surface area contributed by atoms with Crippen LogP contribution in [0.3, 0.4) is 0 Å². The zero-order valence-corrected chi connectivity index (χ0v) is 22.9. The van der Waals surface area contributed by atoms with Gasteiger partial charge in [0.25, 0.3) is 5.79 Å². The first-order valence-corrected chi connectivity index (χ1v) is 13.0. The summed E-state index contributed by atoms with van der Waals surface area (Å²) < 4.78 is 12.2. The molecule has 0 bridgehead atoms. The van der Waals surface area contributed by atoms with Crippen LogP contribution in [0.4, 0.5) is 0 Å². The van der Waals surface area contributed by atoms with Crippen LogP contribution in [0.1, 0.15) is 50.5 Å². The molecule has 0 aromatic heterocycles. The Balaban J connectivity index is 1.71. The third-order valence-corrected chi connectivity index (χ3v) is 8.47. The maximum absolute atomic E-state index is 12.3. The lowest BCUT2D eigenvalue weighted by atomic mass is 9.57. The van der Waals surface area contributed by atoms with Crippen molar-refractivity contribution in [2.45, 2.75) is 46.0 Å². The highest BCUT2D eigenvalue weighted by Crippen LogP contribution is 2.69. The summed E-state index contributed by atoms with van der Waals surface area (Å²) in [7, 11) is 1.44. The number of hydrogen-bond acceptors (Lipinski definition) is 6. The zero-order valence-electron chi connectivity index (χ0n) is 22.9. The van der Waals surface area contributed by atoms with Gasteiger partial charge in [-0.15, -0.1) is 0 Å². The highest BCUT2D eigenvalue weighted by atomic mass is 17.3. The monoisotopic (exact) mass is 528 g/mol. The Labute approximate surface area is 226 Å². The smallest absolute Gasteiger partial charge is 0.339 e. The number of carbonyl (C=O) groups is 1. The quantitative estimate of drug-likeness (QED) is 0.275. The molecule has 7 heteroatoms. The Morgan fingerprint density at radius 2 is 1.64 bits per heavy atom. The summed E-state index contributed by atoms with van der Waals surface area (Å²) in [5.74, 6) is -2.10. The number of hydrogen-bond donors (Lipinski definition) is 2. The van der Waals surface area contributed by atoms with Gasteiger partial charge in [-0.3, -0.25) is 0 Å². The van der Waals surface area contributed by atoms with E-state index >= 15 is 0 Å². The van der Waals surface area contributed by atoms with Gasteiger partial charge in [-0.2, -0.15) is 4.89 Å². The Morgan fingerprint density at radius 3 is 2.28 bits per heavy atom. The summed E-state index contributed by atoms with van der Waals surface area (Å²) in [4.78, 5) is 24.3. The Hall–Kier alpha value is -3.65. The molecular weight excluding hydrogens is 496 g/mol. The largest absolute Gasteiger partial charge is 0.507 e. The predicted molar refractivity (Wildman–Crippen MR) is 148 cm³/mol.